The van der Waals surface area contributed by atoms with Crippen LogP contribution in [0.15, 0.2) is 35.3 Å². The number of fused-ring (bicyclic) bond motifs is 3. The molecule has 6 rings (SSSR count). The number of alkyl carbamates (subject to hydrolysis) is 1. The molecule has 2 aliphatic carbocycles. The summed E-state index contributed by atoms with van der Waals surface area (Å²) in [4.78, 5) is 76.0. The van der Waals surface area contributed by atoms with Crippen LogP contribution in [-0.2, 0) is 59.2 Å². The predicted octanol–water partition coefficient (Wildman–Crippen LogP) is 1.22. The molecule has 0 radical (unpaired) electrons. The van der Waals surface area contributed by atoms with Crippen LogP contribution in [0.25, 0.3) is 11.2 Å². The van der Waals surface area contributed by atoms with Crippen LogP contribution < -0.4 is 32.6 Å². The second-order valence-electron chi connectivity index (χ2n) is 15.9. The van der Waals surface area contributed by atoms with Crippen molar-refractivity contribution in [1.29, 1.82) is 0 Å². The van der Waals surface area contributed by atoms with E-state index in [1.54, 1.807) is 12.1 Å². The molecule has 23 nitrogen and oxygen atoms in total. The number of carboxylic acids is 1. The molecule has 0 aliphatic heterocycles. The van der Waals surface area contributed by atoms with Gasteiger partial charge in [0.15, 0.2) is 11.2 Å². The number of amides is 3. The summed E-state index contributed by atoms with van der Waals surface area (Å²) in [5.74, 6) is -0.833. The van der Waals surface area contributed by atoms with Gasteiger partial charge in [0, 0.05) is 37.4 Å². The fraction of sp³-hybridized carbons (Fsp3) is 0.581. The second-order valence-corrected chi connectivity index (χ2v) is 15.9. The molecule has 3 heterocycles. The van der Waals surface area contributed by atoms with E-state index in [0.717, 1.165) is 43.5 Å². The molecule has 3 aromatic heterocycles. The zero-order valence-electron chi connectivity index (χ0n) is 37.1. The summed E-state index contributed by atoms with van der Waals surface area (Å²) in [6.45, 7) is 7.28. The minimum absolute atomic E-state index is 0.0531. The molecular formula is C43H60N12O11. The lowest BCUT2D eigenvalue weighted by molar-refractivity contribution is -0.139. The van der Waals surface area contributed by atoms with E-state index >= 15 is 0 Å². The van der Waals surface area contributed by atoms with E-state index < -0.39 is 23.5 Å². The van der Waals surface area contributed by atoms with E-state index in [2.05, 4.69) is 51.5 Å². The average molecular weight is 921 g/mol. The molecule has 1 aromatic carbocycles. The van der Waals surface area contributed by atoms with E-state index in [1.165, 1.54) is 18.3 Å². The van der Waals surface area contributed by atoms with Gasteiger partial charge in [-0.3, -0.25) is 19.4 Å². The van der Waals surface area contributed by atoms with Crippen LogP contribution >= 0.6 is 0 Å². The van der Waals surface area contributed by atoms with Gasteiger partial charge in [-0.25, -0.2) is 24.2 Å². The minimum Gasteiger partial charge on any atom is -0.480 e. The van der Waals surface area contributed by atoms with Crippen molar-refractivity contribution in [2.24, 2.45) is 17.8 Å². The van der Waals surface area contributed by atoms with Gasteiger partial charge < -0.3 is 55.8 Å². The number of nitrogens with zero attached hydrogens (tertiary/aromatic N) is 6. The molecule has 0 bridgehead atoms. The number of H-pyrrole nitrogens is 1. The molecule has 0 unspecified atom stereocenters. The molecule has 23 heteroatoms. The molecule has 0 saturated heterocycles. The Morgan fingerprint density at radius 2 is 1.61 bits per heavy atom. The third-order valence-corrected chi connectivity index (χ3v) is 11.3. The van der Waals surface area contributed by atoms with E-state index in [0.29, 0.717) is 95.1 Å². The van der Waals surface area contributed by atoms with Crippen LogP contribution in [-0.4, -0.2) is 143 Å². The van der Waals surface area contributed by atoms with Crippen LogP contribution in [0.3, 0.4) is 0 Å². The Kier molecular flexibility index (Phi) is 18.9. The molecule has 3 amide bonds. The standard InChI is InChI=1S/C43H60N12O11/c1-2-16-62-18-14-46-43(61)66-26-32-30-7-9-33-35(11-8-31(30)32)55(54-53-33)15-19-64-21-23-65-22-20-63-17-13-45-36(56)12-10-34(41(59)60)50-39(57)27-3-5-28(6-4-27)47-24-29-25-48-38-37(49-29)40(58)52-42(44)51-38/h3-6,25,30-32,34,47H,2,7-24,26H2,1H3,(H,45,56)(H,46,61)(H,50,57)(H,59,60)(H3,44,48,51,52,58)/t30-,31+,32-,34-/m0/s1. The first-order valence-electron chi connectivity index (χ1n) is 22.4. The third kappa shape index (κ3) is 15.1. The van der Waals surface area contributed by atoms with Gasteiger partial charge in [0.1, 0.15) is 6.04 Å². The van der Waals surface area contributed by atoms with Gasteiger partial charge >= 0.3 is 12.1 Å². The lowest BCUT2D eigenvalue weighted by Crippen LogP contribution is -2.41. The molecule has 4 aromatic rings. The number of aromatic amines is 1. The van der Waals surface area contributed by atoms with Crippen molar-refractivity contribution in [3.05, 3.63) is 63.5 Å². The maximum Gasteiger partial charge on any atom is 0.407 e. The number of nitrogens with two attached hydrogens (primary N) is 1. The number of rotatable bonds is 28. The number of carbonyl (C=O) groups excluding carboxylic acids is 3. The highest BCUT2D eigenvalue weighted by Gasteiger charge is 2.50. The number of aryl methyl sites for hydroxylation is 1. The summed E-state index contributed by atoms with van der Waals surface area (Å²) in [6.07, 6.45) is 5.55. The van der Waals surface area contributed by atoms with E-state index in [4.69, 9.17) is 29.4 Å². The maximum absolute atomic E-state index is 12.8. The Balaban J connectivity index is 0.758. The highest BCUT2D eigenvalue weighted by atomic mass is 16.6. The fourth-order valence-corrected chi connectivity index (χ4v) is 7.75. The molecule has 1 fully saturated rings. The summed E-state index contributed by atoms with van der Waals surface area (Å²) in [6, 6.07) is 5.03. The molecule has 358 valence electrons. The number of anilines is 2. The Hall–Kier alpha value is -6.30. The van der Waals surface area contributed by atoms with Crippen molar-refractivity contribution in [3.63, 3.8) is 0 Å². The highest BCUT2D eigenvalue weighted by molar-refractivity contribution is 5.97. The van der Waals surface area contributed by atoms with Gasteiger partial charge in [0.25, 0.3) is 11.5 Å². The van der Waals surface area contributed by atoms with Crippen LogP contribution in [0.1, 0.15) is 66.5 Å². The van der Waals surface area contributed by atoms with Gasteiger partial charge in [0.05, 0.1) is 89.2 Å². The van der Waals surface area contributed by atoms with Crippen molar-refractivity contribution in [3.8, 4) is 0 Å². The Bertz CT molecular complexity index is 2270. The Morgan fingerprint density at radius 3 is 2.35 bits per heavy atom. The molecule has 4 atom stereocenters. The number of hydrogen-bond acceptors (Lipinski definition) is 17. The summed E-state index contributed by atoms with van der Waals surface area (Å²) >= 11 is 0. The largest absolute Gasteiger partial charge is 0.480 e. The monoisotopic (exact) mass is 920 g/mol. The van der Waals surface area contributed by atoms with Crippen LogP contribution in [0.2, 0.25) is 0 Å². The number of nitrogen functional groups attached to an aromatic ring is 1. The third-order valence-electron chi connectivity index (χ3n) is 11.3. The SMILES string of the molecule is CCCOCCNC(=O)OC[C@@H]1[C@@H]2CCc3c(nnn3CCOCCOCCOCCNC(=O)CC[C@H](NC(=O)c3ccc(NCc4cnc5nc(N)[nH]c(=O)c5n4)cc3)C(=O)O)CC[C@@H]21. The second kappa shape index (κ2) is 25.4. The van der Waals surface area contributed by atoms with Crippen molar-refractivity contribution < 1.29 is 48.0 Å². The van der Waals surface area contributed by atoms with E-state index in [1.807, 2.05) is 11.6 Å². The van der Waals surface area contributed by atoms with Gasteiger partial charge in [-0.05, 0) is 80.5 Å². The topological polar surface area (TPSA) is 311 Å². The van der Waals surface area contributed by atoms with Gasteiger partial charge in [-0.2, -0.15) is 4.98 Å². The zero-order chi connectivity index (χ0) is 46.7. The lowest BCUT2D eigenvalue weighted by atomic mass is 10.0. The first-order valence-corrected chi connectivity index (χ1v) is 22.4. The molecule has 2 aliphatic rings. The number of carboxylic acid groups (broad SMARTS) is 1. The fourth-order valence-electron chi connectivity index (χ4n) is 7.75. The van der Waals surface area contributed by atoms with Crippen molar-refractivity contribution in [2.75, 3.05) is 83.6 Å². The van der Waals surface area contributed by atoms with Gasteiger partial charge in [0.2, 0.25) is 11.9 Å². The Labute approximate surface area is 380 Å². The quantitative estimate of drug-likeness (QED) is 0.0394. The highest BCUT2D eigenvalue weighted by Crippen LogP contribution is 2.52. The zero-order valence-corrected chi connectivity index (χ0v) is 37.1. The average Bonchev–Trinajstić information content (AvgIpc) is 3.82. The normalized spacial score (nSPS) is 16.8. The summed E-state index contributed by atoms with van der Waals surface area (Å²) in [5.41, 5.74) is 8.74. The summed E-state index contributed by atoms with van der Waals surface area (Å²) < 4.78 is 29.7. The molecule has 0 spiro atoms. The van der Waals surface area contributed by atoms with Crippen LogP contribution in [0.4, 0.5) is 16.4 Å². The summed E-state index contributed by atoms with van der Waals surface area (Å²) in [7, 11) is 0. The number of aliphatic carboxylic acids is 1. The van der Waals surface area contributed by atoms with Gasteiger partial charge in [-0.15, -0.1) is 5.10 Å². The van der Waals surface area contributed by atoms with Crippen LogP contribution in [0, 0.1) is 17.8 Å². The smallest absolute Gasteiger partial charge is 0.407 e. The predicted molar refractivity (Wildman–Crippen MR) is 237 cm³/mol. The summed E-state index contributed by atoms with van der Waals surface area (Å²) in [5, 5.41) is 29.5. The molecule has 66 heavy (non-hydrogen) atoms. The van der Waals surface area contributed by atoms with Crippen molar-refractivity contribution in [1.82, 2.24) is 50.9 Å². The molecular weight excluding hydrogens is 861 g/mol. The number of ether oxygens (including phenoxy) is 5. The number of hydrogen-bond donors (Lipinski definition) is 7. The number of aromatic nitrogens is 7. The van der Waals surface area contributed by atoms with Crippen molar-refractivity contribution in [2.45, 2.75) is 71.0 Å². The molecule has 1 saturated carbocycles. The Morgan fingerprint density at radius 1 is 0.909 bits per heavy atom. The van der Waals surface area contributed by atoms with Crippen molar-refractivity contribution >= 4 is 46.7 Å². The van der Waals surface area contributed by atoms with E-state index in [9.17, 15) is 29.1 Å². The number of benzene rings is 1. The first kappa shape index (κ1) is 49.1. The van der Waals surface area contributed by atoms with Gasteiger partial charge in [-0.1, -0.05) is 12.1 Å². The van der Waals surface area contributed by atoms with Crippen LogP contribution in [0.5, 0.6) is 0 Å². The first-order chi connectivity index (χ1) is 32.1. The minimum atomic E-state index is -1.28. The maximum atomic E-state index is 12.8. The lowest BCUT2D eigenvalue weighted by Gasteiger charge is -2.15. The number of carbonyl (C=O) groups is 4. The van der Waals surface area contributed by atoms with E-state index in [-0.39, 0.29) is 67.2 Å². The molecule has 8 N–H and O–H groups in total. The number of nitrogens with one attached hydrogen (secondary N) is 5.